The Balaban J connectivity index is 1.75. The molecule has 3 N–H and O–H groups in total. The van der Waals surface area contributed by atoms with Gasteiger partial charge < -0.3 is 20.2 Å². The van der Waals surface area contributed by atoms with Crippen LogP contribution in [0.2, 0.25) is 0 Å². The summed E-state index contributed by atoms with van der Waals surface area (Å²) in [6, 6.07) is 7.93. The quantitative estimate of drug-likeness (QED) is 0.639. The van der Waals surface area contributed by atoms with Gasteiger partial charge in [0, 0.05) is 0 Å². The maximum Gasteiger partial charge on any atom is 0.328 e. The Morgan fingerprint density at radius 1 is 1.00 bits per heavy atom. The maximum atomic E-state index is 12.4. The molecule has 4 heterocycles. The molecule has 0 atom stereocenters. The van der Waals surface area contributed by atoms with Crippen LogP contribution in [0.3, 0.4) is 0 Å². The third-order valence-corrected chi connectivity index (χ3v) is 4.43. The molecule has 8 nitrogen and oxygen atoms in total. The number of hydrogen-bond acceptors (Lipinski definition) is 6. The molecule has 4 bridgehead atoms. The van der Waals surface area contributed by atoms with Gasteiger partial charge in [-0.3, -0.25) is 4.57 Å². The fourth-order valence-corrected chi connectivity index (χ4v) is 3.03. The highest BCUT2D eigenvalue weighted by molar-refractivity contribution is 5.81. The first-order valence-corrected chi connectivity index (χ1v) is 8.81. The van der Waals surface area contributed by atoms with Gasteiger partial charge in [-0.05, 0) is 43.4 Å². The van der Waals surface area contributed by atoms with Crippen LogP contribution in [0.25, 0.3) is 11.2 Å². The zero-order chi connectivity index (χ0) is 17.9. The van der Waals surface area contributed by atoms with Gasteiger partial charge in [0.2, 0.25) is 0 Å². The summed E-state index contributed by atoms with van der Waals surface area (Å²) in [6.07, 6.45) is 4.00. The molecule has 0 amide bonds. The van der Waals surface area contributed by atoms with E-state index in [1.165, 1.54) is 4.57 Å². The van der Waals surface area contributed by atoms with E-state index in [1.54, 1.807) is 0 Å². The smallest absolute Gasteiger partial charge is 0.328 e. The summed E-state index contributed by atoms with van der Waals surface area (Å²) in [6.45, 7) is 1.58. The van der Waals surface area contributed by atoms with Crippen molar-refractivity contribution in [3.05, 3.63) is 40.3 Å². The number of nitrogens with two attached hydrogens (primary N) is 1. The molecular formula is C18H21N5O3. The van der Waals surface area contributed by atoms with Crippen molar-refractivity contribution >= 4 is 17.0 Å². The van der Waals surface area contributed by atoms with Gasteiger partial charge in [0.1, 0.15) is 11.3 Å². The molecule has 0 radical (unpaired) electrons. The standard InChI is InChI=1S/C18H21N5O3/c19-15-14-16-22-17(21-15)26-10-4-2-1-3-9-25-13-7-5-12(6-8-13)11-23(16)18(24)20-14/h5-8H,1-4,9-11H2,(H,20,24)(H2,19,21,22). The molecule has 0 aliphatic carbocycles. The highest BCUT2D eigenvalue weighted by atomic mass is 16.5. The van der Waals surface area contributed by atoms with Crippen molar-refractivity contribution in [1.29, 1.82) is 0 Å². The van der Waals surface area contributed by atoms with Crippen molar-refractivity contribution < 1.29 is 9.47 Å². The minimum absolute atomic E-state index is 0.200. The van der Waals surface area contributed by atoms with Crippen LogP contribution in [0.5, 0.6) is 11.8 Å². The van der Waals surface area contributed by atoms with E-state index in [9.17, 15) is 4.79 Å². The van der Waals surface area contributed by atoms with Crippen LogP contribution < -0.4 is 20.9 Å². The first kappa shape index (κ1) is 16.4. The number of rotatable bonds is 0. The molecule has 0 fully saturated rings. The number of nitrogen functional groups attached to an aromatic ring is 1. The van der Waals surface area contributed by atoms with Gasteiger partial charge in [-0.25, -0.2) is 4.79 Å². The Morgan fingerprint density at radius 2 is 1.73 bits per heavy atom. The summed E-state index contributed by atoms with van der Waals surface area (Å²) in [5, 5.41) is 0. The van der Waals surface area contributed by atoms with Crippen LogP contribution in [0.4, 0.5) is 5.82 Å². The molecule has 26 heavy (non-hydrogen) atoms. The van der Waals surface area contributed by atoms with Gasteiger partial charge in [0.25, 0.3) is 0 Å². The first-order valence-electron chi connectivity index (χ1n) is 8.81. The summed E-state index contributed by atoms with van der Waals surface area (Å²) in [4.78, 5) is 23.6. The Labute approximate surface area is 150 Å². The largest absolute Gasteiger partial charge is 0.494 e. The van der Waals surface area contributed by atoms with Crippen LogP contribution in [0, 0.1) is 0 Å². The fourth-order valence-electron chi connectivity index (χ4n) is 3.03. The second-order valence-corrected chi connectivity index (χ2v) is 6.36. The number of nitrogens with one attached hydrogen (secondary N) is 1. The van der Waals surface area contributed by atoms with Gasteiger partial charge in [0.15, 0.2) is 11.5 Å². The Morgan fingerprint density at radius 3 is 2.50 bits per heavy atom. The molecular weight excluding hydrogens is 334 g/mol. The second kappa shape index (κ2) is 7.07. The van der Waals surface area contributed by atoms with E-state index in [-0.39, 0.29) is 17.5 Å². The molecule has 2 aliphatic rings. The number of fused-ring (bicyclic) bond motifs is 9. The minimum atomic E-state index is -0.281. The molecule has 1 aromatic carbocycles. The number of aromatic nitrogens is 4. The lowest BCUT2D eigenvalue weighted by atomic mass is 10.2. The average molecular weight is 355 g/mol. The van der Waals surface area contributed by atoms with Crippen LogP contribution in [-0.4, -0.2) is 32.7 Å². The van der Waals surface area contributed by atoms with Gasteiger partial charge >= 0.3 is 11.7 Å². The van der Waals surface area contributed by atoms with Crippen molar-refractivity contribution in [3.63, 3.8) is 0 Å². The SMILES string of the molecule is Nc1nc2nc3c1[nH]c(=O)n3Cc1ccc(cc1)OCCCCCCO2. The summed E-state index contributed by atoms with van der Waals surface area (Å²) in [5.41, 5.74) is 7.54. The van der Waals surface area contributed by atoms with Gasteiger partial charge in [-0.15, -0.1) is 0 Å². The lowest BCUT2D eigenvalue weighted by Crippen LogP contribution is -2.17. The average Bonchev–Trinajstić information content (AvgIpc) is 2.95. The zero-order valence-corrected chi connectivity index (χ0v) is 14.4. The molecule has 0 saturated carbocycles. The summed E-state index contributed by atoms with van der Waals surface area (Å²) in [5.74, 6) is 1.05. The van der Waals surface area contributed by atoms with E-state index in [0.717, 1.165) is 37.0 Å². The normalized spacial score (nSPS) is 15.5. The molecule has 0 spiro atoms. The van der Waals surface area contributed by atoms with Crippen molar-refractivity contribution in [2.75, 3.05) is 18.9 Å². The van der Waals surface area contributed by atoms with E-state index in [0.29, 0.717) is 30.9 Å². The van der Waals surface area contributed by atoms with Gasteiger partial charge in [-0.1, -0.05) is 12.1 Å². The molecule has 5 rings (SSSR count). The summed E-state index contributed by atoms with van der Waals surface area (Å²) >= 11 is 0. The lowest BCUT2D eigenvalue weighted by molar-refractivity contribution is 0.274. The third-order valence-electron chi connectivity index (χ3n) is 4.43. The molecule has 2 aliphatic heterocycles. The molecule has 0 unspecified atom stereocenters. The maximum absolute atomic E-state index is 12.4. The Bertz CT molecular complexity index is 961. The lowest BCUT2D eigenvalue weighted by Gasteiger charge is -2.07. The number of benzene rings is 1. The van der Waals surface area contributed by atoms with Crippen LogP contribution in [0.15, 0.2) is 29.1 Å². The first-order chi connectivity index (χ1) is 12.7. The second-order valence-electron chi connectivity index (χ2n) is 6.36. The monoisotopic (exact) mass is 355 g/mol. The van der Waals surface area contributed by atoms with E-state index in [4.69, 9.17) is 15.2 Å². The number of anilines is 1. The number of imidazole rings is 1. The predicted octanol–water partition coefficient (Wildman–Crippen LogP) is 2.08. The zero-order valence-electron chi connectivity index (χ0n) is 14.4. The van der Waals surface area contributed by atoms with Crippen molar-refractivity contribution in [2.45, 2.75) is 32.2 Å². The van der Waals surface area contributed by atoms with Crippen LogP contribution in [0.1, 0.15) is 31.2 Å². The number of H-pyrrole nitrogens is 1. The van der Waals surface area contributed by atoms with E-state index in [1.807, 2.05) is 24.3 Å². The molecule has 136 valence electrons. The summed E-state index contributed by atoms with van der Waals surface area (Å²) in [7, 11) is 0. The fraction of sp³-hybridized carbons (Fsp3) is 0.389. The number of aromatic amines is 1. The van der Waals surface area contributed by atoms with Crippen molar-refractivity contribution in [3.8, 4) is 11.8 Å². The van der Waals surface area contributed by atoms with E-state index in [2.05, 4.69) is 15.0 Å². The Kier molecular flexibility index (Phi) is 4.47. The molecule has 0 saturated heterocycles. The van der Waals surface area contributed by atoms with Gasteiger partial charge in [-0.2, -0.15) is 9.97 Å². The third kappa shape index (κ3) is 3.35. The summed E-state index contributed by atoms with van der Waals surface area (Å²) < 4.78 is 12.9. The van der Waals surface area contributed by atoms with Crippen molar-refractivity contribution in [1.82, 2.24) is 19.5 Å². The highest BCUT2D eigenvalue weighted by Gasteiger charge is 2.15. The number of nitrogens with zero attached hydrogens (tertiary/aromatic N) is 3. The van der Waals surface area contributed by atoms with Crippen molar-refractivity contribution in [2.24, 2.45) is 0 Å². The molecule has 8 heteroatoms. The molecule has 3 aromatic rings. The predicted molar refractivity (Wildman–Crippen MR) is 97.6 cm³/mol. The van der Waals surface area contributed by atoms with Crippen LogP contribution >= 0.6 is 0 Å². The number of ether oxygens (including phenoxy) is 2. The van der Waals surface area contributed by atoms with E-state index < -0.39 is 0 Å². The topological polar surface area (TPSA) is 108 Å². The minimum Gasteiger partial charge on any atom is -0.494 e. The van der Waals surface area contributed by atoms with Gasteiger partial charge in [0.05, 0.1) is 19.8 Å². The van der Waals surface area contributed by atoms with Crippen LogP contribution in [-0.2, 0) is 6.54 Å². The van der Waals surface area contributed by atoms with E-state index >= 15 is 0 Å². The molecule has 2 aromatic heterocycles. The Hall–Kier alpha value is -3.03. The highest BCUT2D eigenvalue weighted by Crippen LogP contribution is 2.20. The number of hydrogen-bond donors (Lipinski definition) is 2.